The predicted octanol–water partition coefficient (Wildman–Crippen LogP) is 2.59. The first-order valence-electron chi connectivity index (χ1n) is 7.21. The second kappa shape index (κ2) is 6.18. The zero-order valence-corrected chi connectivity index (χ0v) is 12.9. The number of benzene rings is 1. The van der Waals surface area contributed by atoms with Crippen molar-refractivity contribution in [1.82, 2.24) is 5.32 Å². The maximum atomic E-state index is 12.8. The molecule has 2 heterocycles. The topological polar surface area (TPSA) is 49.3 Å². The number of aliphatic hydroxyl groups is 1. The van der Waals surface area contributed by atoms with E-state index in [-0.39, 0.29) is 12.4 Å². The molecule has 110 valence electrons. The number of fused-ring (bicyclic) bond motifs is 1. The second-order valence-corrected chi connectivity index (χ2v) is 6.57. The maximum absolute atomic E-state index is 12.8. The highest BCUT2D eigenvalue weighted by Crippen LogP contribution is 2.35. The molecule has 2 aliphatic rings. The van der Waals surface area contributed by atoms with Crippen LogP contribution < -0.4 is 5.32 Å². The number of rotatable bonds is 3. The van der Waals surface area contributed by atoms with Gasteiger partial charge in [-0.15, -0.1) is 11.8 Å². The van der Waals surface area contributed by atoms with Gasteiger partial charge in [0.2, 0.25) is 0 Å². The Morgan fingerprint density at radius 3 is 3.10 bits per heavy atom. The molecule has 0 bridgehead atoms. The molecule has 0 saturated carbocycles. The maximum Gasteiger partial charge on any atom is 0.190 e. The van der Waals surface area contributed by atoms with Crippen molar-refractivity contribution in [3.05, 3.63) is 57.5 Å². The van der Waals surface area contributed by atoms with Crippen molar-refractivity contribution in [2.24, 2.45) is 0 Å². The molecule has 0 spiro atoms. The summed E-state index contributed by atoms with van der Waals surface area (Å²) in [6.07, 6.45) is 3.15. The number of carbonyl (C=O) groups is 1. The van der Waals surface area contributed by atoms with Gasteiger partial charge < -0.3 is 10.4 Å². The lowest BCUT2D eigenvalue weighted by Crippen LogP contribution is -2.21. The van der Waals surface area contributed by atoms with E-state index in [4.69, 9.17) is 0 Å². The average Bonchev–Trinajstić information content (AvgIpc) is 2.86. The van der Waals surface area contributed by atoms with Crippen molar-refractivity contribution < 1.29 is 9.90 Å². The van der Waals surface area contributed by atoms with Gasteiger partial charge in [-0.3, -0.25) is 4.79 Å². The number of aliphatic hydroxyl groups excluding tert-OH is 1. The summed E-state index contributed by atoms with van der Waals surface area (Å²) < 4.78 is 0. The molecule has 0 radical (unpaired) electrons. The van der Waals surface area contributed by atoms with E-state index in [0.717, 1.165) is 29.7 Å². The van der Waals surface area contributed by atoms with Crippen molar-refractivity contribution in [1.29, 1.82) is 0 Å². The zero-order chi connectivity index (χ0) is 14.8. The molecule has 1 unspecified atom stereocenters. The Kier molecular flexibility index (Phi) is 4.29. The van der Waals surface area contributed by atoms with E-state index in [1.807, 2.05) is 25.1 Å². The number of allylic oxidation sites excluding steroid dienone is 1. The van der Waals surface area contributed by atoms with Crippen LogP contribution in [0.5, 0.6) is 0 Å². The summed E-state index contributed by atoms with van der Waals surface area (Å²) >= 11 is 1.80. The van der Waals surface area contributed by atoms with E-state index in [9.17, 15) is 9.90 Å². The molecule has 1 aromatic carbocycles. The fraction of sp³-hybridized carbons (Fsp3) is 0.353. The van der Waals surface area contributed by atoms with Crippen LogP contribution in [-0.4, -0.2) is 29.2 Å². The lowest BCUT2D eigenvalue weighted by Gasteiger charge is -2.12. The van der Waals surface area contributed by atoms with E-state index >= 15 is 0 Å². The Labute approximate surface area is 129 Å². The molecular formula is C17H19NO2S. The molecule has 21 heavy (non-hydrogen) atoms. The highest BCUT2D eigenvalue weighted by atomic mass is 32.2. The van der Waals surface area contributed by atoms with Gasteiger partial charge in [0.15, 0.2) is 5.78 Å². The normalized spacial score (nSPS) is 21.3. The summed E-state index contributed by atoms with van der Waals surface area (Å²) in [6, 6.07) is 5.54. The van der Waals surface area contributed by atoms with Gasteiger partial charge in [0.25, 0.3) is 0 Å². The van der Waals surface area contributed by atoms with E-state index < -0.39 is 0 Å². The second-order valence-electron chi connectivity index (χ2n) is 5.46. The fourth-order valence-corrected chi connectivity index (χ4v) is 3.89. The van der Waals surface area contributed by atoms with Gasteiger partial charge in [-0.1, -0.05) is 18.2 Å². The summed E-state index contributed by atoms with van der Waals surface area (Å²) in [5.41, 5.74) is 4.61. The van der Waals surface area contributed by atoms with Gasteiger partial charge in [0, 0.05) is 22.9 Å². The van der Waals surface area contributed by atoms with Gasteiger partial charge in [0.1, 0.15) is 0 Å². The third-order valence-corrected chi connectivity index (χ3v) is 5.23. The third-order valence-electron chi connectivity index (χ3n) is 4.12. The molecular weight excluding hydrogens is 282 g/mol. The molecule has 0 amide bonds. The molecule has 2 aliphatic heterocycles. The minimum absolute atomic E-state index is 0.0112. The first-order valence-corrected chi connectivity index (χ1v) is 8.16. The molecule has 0 fully saturated rings. The number of Topliss-reactive ketones (excluding diaryl/α,β-unsaturated/α-hetero) is 1. The van der Waals surface area contributed by atoms with Crippen molar-refractivity contribution in [3.63, 3.8) is 0 Å². The highest BCUT2D eigenvalue weighted by molar-refractivity contribution is 8.03. The SMILES string of the molecule is Cc1cc(C(=O)C2=C3C=CSC3CCNC2)ccc1CO. The van der Waals surface area contributed by atoms with Crippen molar-refractivity contribution in [2.45, 2.75) is 25.2 Å². The number of nitrogens with one attached hydrogen (secondary N) is 1. The minimum Gasteiger partial charge on any atom is -0.392 e. The first-order chi connectivity index (χ1) is 10.2. The highest BCUT2D eigenvalue weighted by Gasteiger charge is 2.26. The van der Waals surface area contributed by atoms with E-state index in [1.54, 1.807) is 11.8 Å². The van der Waals surface area contributed by atoms with Crippen LogP contribution >= 0.6 is 11.8 Å². The van der Waals surface area contributed by atoms with Crippen LogP contribution in [0.1, 0.15) is 27.9 Å². The Balaban J connectivity index is 1.97. The lowest BCUT2D eigenvalue weighted by molar-refractivity contribution is 0.103. The number of hydrogen-bond acceptors (Lipinski definition) is 4. The van der Waals surface area contributed by atoms with Crippen LogP contribution in [0.3, 0.4) is 0 Å². The standard InChI is InChI=1S/C17H19NO2S/c1-11-8-12(2-3-13(11)10-19)17(20)15-9-18-6-4-16-14(15)5-7-21-16/h2-3,5,7-8,16,18-19H,4,6,9-10H2,1H3. The average molecular weight is 301 g/mol. The first kappa shape index (κ1) is 14.6. The number of thioether (sulfide) groups is 1. The van der Waals surface area contributed by atoms with Crippen LogP contribution in [0.15, 0.2) is 40.8 Å². The molecule has 2 N–H and O–H groups in total. The van der Waals surface area contributed by atoms with Gasteiger partial charge in [0.05, 0.1) is 6.61 Å². The number of aryl methyl sites for hydroxylation is 1. The number of hydrogen-bond donors (Lipinski definition) is 2. The van der Waals surface area contributed by atoms with Crippen LogP contribution in [-0.2, 0) is 6.61 Å². The van der Waals surface area contributed by atoms with Crippen molar-refractivity contribution in [2.75, 3.05) is 13.1 Å². The van der Waals surface area contributed by atoms with E-state index in [0.29, 0.717) is 17.4 Å². The van der Waals surface area contributed by atoms with Gasteiger partial charge >= 0.3 is 0 Å². The largest absolute Gasteiger partial charge is 0.392 e. The third kappa shape index (κ3) is 2.84. The Hall–Kier alpha value is -1.36. The van der Waals surface area contributed by atoms with E-state index in [2.05, 4.69) is 16.8 Å². The quantitative estimate of drug-likeness (QED) is 0.843. The van der Waals surface area contributed by atoms with E-state index in [1.165, 1.54) is 5.57 Å². The van der Waals surface area contributed by atoms with Crippen LogP contribution in [0, 0.1) is 6.92 Å². The Morgan fingerprint density at radius 2 is 2.33 bits per heavy atom. The Morgan fingerprint density at radius 1 is 1.48 bits per heavy atom. The lowest BCUT2D eigenvalue weighted by atomic mass is 9.94. The van der Waals surface area contributed by atoms with Gasteiger partial charge in [-0.25, -0.2) is 0 Å². The smallest absolute Gasteiger partial charge is 0.190 e. The minimum atomic E-state index is 0.0112. The van der Waals surface area contributed by atoms with Crippen molar-refractivity contribution in [3.8, 4) is 0 Å². The number of carbonyl (C=O) groups excluding carboxylic acids is 1. The molecule has 3 rings (SSSR count). The summed E-state index contributed by atoms with van der Waals surface area (Å²) in [7, 11) is 0. The molecule has 0 saturated heterocycles. The van der Waals surface area contributed by atoms with Gasteiger partial charge in [-0.2, -0.15) is 0 Å². The predicted molar refractivity (Wildman–Crippen MR) is 86.5 cm³/mol. The van der Waals surface area contributed by atoms with Crippen molar-refractivity contribution >= 4 is 17.5 Å². The summed E-state index contributed by atoms with van der Waals surface area (Å²) in [5, 5.41) is 15.1. The molecule has 1 atom stereocenters. The van der Waals surface area contributed by atoms with Crippen LogP contribution in [0.4, 0.5) is 0 Å². The Bertz CT molecular complexity index is 634. The van der Waals surface area contributed by atoms with Gasteiger partial charge in [-0.05, 0) is 48.1 Å². The molecule has 0 aliphatic carbocycles. The zero-order valence-electron chi connectivity index (χ0n) is 12.1. The fourth-order valence-electron chi connectivity index (χ4n) is 2.86. The monoisotopic (exact) mass is 301 g/mol. The van der Waals surface area contributed by atoms with Crippen LogP contribution in [0.2, 0.25) is 0 Å². The molecule has 1 aromatic rings. The molecule has 3 nitrogen and oxygen atoms in total. The molecule has 0 aromatic heterocycles. The van der Waals surface area contributed by atoms with Crippen LogP contribution in [0.25, 0.3) is 0 Å². The molecule has 4 heteroatoms. The summed E-state index contributed by atoms with van der Waals surface area (Å²) in [6.45, 7) is 3.52. The summed E-state index contributed by atoms with van der Waals surface area (Å²) in [5.74, 6) is 0.101. The summed E-state index contributed by atoms with van der Waals surface area (Å²) in [4.78, 5) is 12.8. The number of ketones is 1.